The number of imide groups is 1. The Morgan fingerprint density at radius 1 is 1.14 bits per heavy atom. The van der Waals surface area contributed by atoms with Gasteiger partial charge in [-0.25, -0.2) is 9.78 Å². The molecule has 1 aliphatic carbocycles. The first kappa shape index (κ1) is 19.9. The first-order valence-corrected chi connectivity index (χ1v) is 10.8. The molecule has 7 nitrogen and oxygen atoms in total. The number of carbonyl (C=O) groups is 2. The van der Waals surface area contributed by atoms with E-state index < -0.39 is 0 Å². The van der Waals surface area contributed by atoms with Crippen LogP contribution in [0.1, 0.15) is 57.3 Å². The van der Waals surface area contributed by atoms with Crippen LogP contribution in [-0.4, -0.2) is 47.5 Å². The van der Waals surface area contributed by atoms with Crippen molar-refractivity contribution in [3.63, 3.8) is 0 Å². The van der Waals surface area contributed by atoms with Gasteiger partial charge in [0, 0.05) is 12.0 Å². The minimum atomic E-state index is -0.366. The SMILES string of the molecule is CC1CCCCC1NC(=O)NC(=O)CN1CCC(c2nc3ccccc3o2)CC1. The van der Waals surface area contributed by atoms with Crippen molar-refractivity contribution in [2.24, 2.45) is 5.92 Å². The molecule has 1 aromatic carbocycles. The summed E-state index contributed by atoms with van der Waals surface area (Å²) in [6.07, 6.45) is 6.27. The zero-order valence-corrected chi connectivity index (χ0v) is 17.0. The molecule has 4 rings (SSSR count). The number of para-hydroxylation sites is 2. The maximum Gasteiger partial charge on any atom is 0.321 e. The first-order chi connectivity index (χ1) is 14.1. The predicted molar refractivity (Wildman–Crippen MR) is 111 cm³/mol. The summed E-state index contributed by atoms with van der Waals surface area (Å²) in [5, 5.41) is 5.46. The van der Waals surface area contributed by atoms with E-state index in [1.165, 1.54) is 6.42 Å². The zero-order valence-electron chi connectivity index (χ0n) is 17.0. The molecule has 2 aliphatic rings. The van der Waals surface area contributed by atoms with Gasteiger partial charge in [-0.1, -0.05) is 31.9 Å². The third kappa shape index (κ3) is 4.96. The van der Waals surface area contributed by atoms with Gasteiger partial charge in [-0.3, -0.25) is 15.0 Å². The highest BCUT2D eigenvalue weighted by Gasteiger charge is 2.27. The van der Waals surface area contributed by atoms with Gasteiger partial charge >= 0.3 is 6.03 Å². The molecule has 0 bridgehead atoms. The maximum absolute atomic E-state index is 12.3. The first-order valence-electron chi connectivity index (χ1n) is 10.8. The summed E-state index contributed by atoms with van der Waals surface area (Å²) in [5.41, 5.74) is 1.71. The van der Waals surface area contributed by atoms with Gasteiger partial charge in [0.05, 0.1) is 6.54 Å². The third-order valence-corrected chi connectivity index (χ3v) is 6.30. The summed E-state index contributed by atoms with van der Waals surface area (Å²) in [6.45, 7) is 3.98. The monoisotopic (exact) mass is 398 g/mol. The van der Waals surface area contributed by atoms with Crippen molar-refractivity contribution >= 4 is 23.0 Å². The smallest absolute Gasteiger partial charge is 0.321 e. The lowest BCUT2D eigenvalue weighted by atomic mass is 9.86. The number of piperidine rings is 1. The van der Waals surface area contributed by atoms with Crippen LogP contribution in [-0.2, 0) is 4.79 Å². The average Bonchev–Trinajstić information content (AvgIpc) is 3.14. The third-order valence-electron chi connectivity index (χ3n) is 6.30. The van der Waals surface area contributed by atoms with Crippen LogP contribution in [0.5, 0.6) is 0 Å². The molecular weight excluding hydrogens is 368 g/mol. The summed E-state index contributed by atoms with van der Waals surface area (Å²) in [5.74, 6) is 1.29. The van der Waals surface area contributed by atoms with Crippen LogP contribution >= 0.6 is 0 Å². The normalized spacial score (nSPS) is 23.8. The topological polar surface area (TPSA) is 87.5 Å². The van der Waals surface area contributed by atoms with E-state index in [-0.39, 0.29) is 30.4 Å². The predicted octanol–water partition coefficient (Wildman–Crippen LogP) is 3.41. The van der Waals surface area contributed by atoms with E-state index in [0.29, 0.717) is 5.92 Å². The Hall–Kier alpha value is -2.41. The Labute approximate surface area is 171 Å². The van der Waals surface area contributed by atoms with E-state index in [4.69, 9.17) is 4.42 Å². The minimum Gasteiger partial charge on any atom is -0.440 e. The zero-order chi connectivity index (χ0) is 20.2. The van der Waals surface area contributed by atoms with Gasteiger partial charge in [-0.05, 0) is 56.8 Å². The number of hydrogen-bond donors (Lipinski definition) is 2. The lowest BCUT2D eigenvalue weighted by Crippen LogP contribution is -2.50. The molecule has 0 spiro atoms. The molecule has 7 heteroatoms. The molecule has 2 aromatic rings. The Kier molecular flexibility index (Phi) is 6.13. The second-order valence-corrected chi connectivity index (χ2v) is 8.46. The Bertz CT molecular complexity index is 824. The van der Waals surface area contributed by atoms with Gasteiger partial charge in [0.2, 0.25) is 5.91 Å². The van der Waals surface area contributed by atoms with Crippen molar-refractivity contribution in [1.29, 1.82) is 0 Å². The fourth-order valence-electron chi connectivity index (χ4n) is 4.51. The molecule has 1 aliphatic heterocycles. The number of hydrogen-bond acceptors (Lipinski definition) is 5. The van der Waals surface area contributed by atoms with Crippen molar-refractivity contribution in [2.75, 3.05) is 19.6 Å². The van der Waals surface area contributed by atoms with Gasteiger partial charge < -0.3 is 9.73 Å². The summed E-state index contributed by atoms with van der Waals surface area (Å²) >= 11 is 0. The number of benzene rings is 1. The maximum atomic E-state index is 12.3. The van der Waals surface area contributed by atoms with Gasteiger partial charge in [0.1, 0.15) is 5.52 Å². The molecule has 2 heterocycles. The second kappa shape index (κ2) is 8.95. The standard InChI is InChI=1S/C22H30N4O3/c1-15-6-2-3-7-17(15)24-22(28)25-20(27)14-26-12-10-16(11-13-26)21-23-18-8-4-5-9-19(18)29-21/h4-5,8-9,15-17H,2-3,6-7,10-14H2,1H3,(H2,24,25,27,28). The van der Waals surface area contributed by atoms with Gasteiger partial charge in [0.25, 0.3) is 0 Å². The highest BCUT2D eigenvalue weighted by Crippen LogP contribution is 2.29. The highest BCUT2D eigenvalue weighted by atomic mass is 16.3. The molecule has 1 aromatic heterocycles. The van der Waals surface area contributed by atoms with E-state index in [0.717, 1.165) is 62.2 Å². The van der Waals surface area contributed by atoms with Crippen LogP contribution < -0.4 is 10.6 Å². The molecule has 1 saturated heterocycles. The van der Waals surface area contributed by atoms with Gasteiger partial charge in [0.15, 0.2) is 11.5 Å². The van der Waals surface area contributed by atoms with Crippen molar-refractivity contribution in [2.45, 2.75) is 57.4 Å². The number of urea groups is 1. The quantitative estimate of drug-likeness (QED) is 0.824. The summed E-state index contributed by atoms with van der Waals surface area (Å²) in [7, 11) is 0. The van der Waals surface area contributed by atoms with E-state index >= 15 is 0 Å². The van der Waals surface area contributed by atoms with Crippen LogP contribution in [0, 0.1) is 5.92 Å². The average molecular weight is 399 g/mol. The molecule has 156 valence electrons. The fraction of sp³-hybridized carbons (Fsp3) is 0.591. The number of fused-ring (bicyclic) bond motifs is 1. The van der Waals surface area contributed by atoms with Crippen LogP contribution in [0.3, 0.4) is 0 Å². The van der Waals surface area contributed by atoms with Crippen LogP contribution in [0.25, 0.3) is 11.1 Å². The van der Waals surface area contributed by atoms with Gasteiger partial charge in [-0.15, -0.1) is 0 Å². The number of nitrogens with one attached hydrogen (secondary N) is 2. The van der Waals surface area contributed by atoms with E-state index in [2.05, 4.69) is 27.4 Å². The van der Waals surface area contributed by atoms with E-state index in [9.17, 15) is 9.59 Å². The Balaban J connectivity index is 1.21. The molecule has 2 atom stereocenters. The van der Waals surface area contributed by atoms with Crippen molar-refractivity contribution < 1.29 is 14.0 Å². The van der Waals surface area contributed by atoms with Crippen molar-refractivity contribution in [1.82, 2.24) is 20.5 Å². The molecule has 3 amide bonds. The van der Waals surface area contributed by atoms with E-state index in [1.54, 1.807) is 0 Å². The van der Waals surface area contributed by atoms with E-state index in [1.807, 2.05) is 24.3 Å². The Morgan fingerprint density at radius 2 is 1.90 bits per heavy atom. The number of oxazole rings is 1. The van der Waals surface area contributed by atoms with Crippen LogP contribution in [0.2, 0.25) is 0 Å². The summed E-state index contributed by atoms with van der Waals surface area (Å²) in [4.78, 5) is 31.1. The number of aromatic nitrogens is 1. The molecule has 0 radical (unpaired) electrons. The number of carbonyl (C=O) groups excluding carboxylic acids is 2. The van der Waals surface area contributed by atoms with Gasteiger partial charge in [-0.2, -0.15) is 0 Å². The second-order valence-electron chi connectivity index (χ2n) is 8.46. The molecular formula is C22H30N4O3. The Morgan fingerprint density at radius 3 is 2.66 bits per heavy atom. The highest BCUT2D eigenvalue weighted by molar-refractivity contribution is 5.95. The number of likely N-dealkylation sites (tertiary alicyclic amines) is 1. The molecule has 2 fully saturated rings. The molecule has 2 unspecified atom stereocenters. The molecule has 2 N–H and O–H groups in total. The van der Waals surface area contributed by atoms with Crippen molar-refractivity contribution in [3.05, 3.63) is 30.2 Å². The van der Waals surface area contributed by atoms with Crippen LogP contribution in [0.15, 0.2) is 28.7 Å². The number of amides is 3. The van der Waals surface area contributed by atoms with Crippen molar-refractivity contribution in [3.8, 4) is 0 Å². The molecule has 1 saturated carbocycles. The lowest BCUT2D eigenvalue weighted by molar-refractivity contribution is -0.121. The minimum absolute atomic E-state index is 0.170. The largest absolute Gasteiger partial charge is 0.440 e. The van der Waals surface area contributed by atoms with Crippen LogP contribution in [0.4, 0.5) is 4.79 Å². The molecule has 29 heavy (non-hydrogen) atoms. The summed E-state index contributed by atoms with van der Waals surface area (Å²) < 4.78 is 5.90. The fourth-order valence-corrected chi connectivity index (χ4v) is 4.51. The number of rotatable bonds is 4. The summed E-state index contributed by atoms with van der Waals surface area (Å²) in [6, 6.07) is 7.61. The number of nitrogens with zero attached hydrogens (tertiary/aromatic N) is 2. The lowest BCUT2D eigenvalue weighted by Gasteiger charge is -2.30.